The van der Waals surface area contributed by atoms with Crippen molar-refractivity contribution in [3.8, 4) is 5.75 Å². The van der Waals surface area contributed by atoms with Crippen LogP contribution >= 0.6 is 0 Å². The van der Waals surface area contributed by atoms with Crippen LogP contribution in [0.2, 0.25) is 0 Å². The molecule has 1 N–H and O–H groups in total. The molecule has 0 saturated heterocycles. The van der Waals surface area contributed by atoms with Crippen LogP contribution in [0.4, 0.5) is 11.4 Å². The van der Waals surface area contributed by atoms with Crippen molar-refractivity contribution in [3.63, 3.8) is 0 Å². The van der Waals surface area contributed by atoms with E-state index >= 15 is 0 Å². The number of hydrogen-bond donors (Lipinski definition) is 1. The number of hydrogen-bond acceptors (Lipinski definition) is 5. The van der Waals surface area contributed by atoms with Crippen molar-refractivity contribution in [1.29, 1.82) is 0 Å². The van der Waals surface area contributed by atoms with E-state index < -0.39 is 5.60 Å². The normalized spacial score (nSPS) is 14.8. The highest BCUT2D eigenvalue weighted by molar-refractivity contribution is 6.14. The lowest BCUT2D eigenvalue weighted by Gasteiger charge is -2.31. The van der Waals surface area contributed by atoms with Crippen LogP contribution in [0.1, 0.15) is 66.2 Å². The van der Waals surface area contributed by atoms with E-state index in [0.29, 0.717) is 27.8 Å². The van der Waals surface area contributed by atoms with Crippen LogP contribution in [0.3, 0.4) is 0 Å². The average molecular weight is 435 g/mol. The van der Waals surface area contributed by atoms with E-state index in [2.05, 4.69) is 30.1 Å². The number of nitrogens with zero attached hydrogens (tertiary/aromatic N) is 1. The second kappa shape index (κ2) is 8.01. The van der Waals surface area contributed by atoms with E-state index in [1.807, 2.05) is 39.8 Å². The number of rotatable bonds is 5. The molecule has 1 aliphatic rings. The number of aryl methyl sites for hydroxylation is 2. The Morgan fingerprint density at radius 2 is 1.84 bits per heavy atom. The largest absolute Gasteiger partial charge is 0.487 e. The van der Waals surface area contributed by atoms with Gasteiger partial charge in [0.1, 0.15) is 16.9 Å². The van der Waals surface area contributed by atoms with E-state index in [-0.39, 0.29) is 23.9 Å². The van der Waals surface area contributed by atoms with Crippen LogP contribution in [0.5, 0.6) is 5.75 Å². The summed E-state index contributed by atoms with van der Waals surface area (Å²) in [5.74, 6) is 0.409. The van der Waals surface area contributed by atoms with Crippen LogP contribution in [0, 0.1) is 13.8 Å². The second-order valence-electron chi connectivity index (χ2n) is 8.96. The highest BCUT2D eigenvalue weighted by Gasteiger charge is 2.35. The first-order valence-corrected chi connectivity index (χ1v) is 11.1. The Labute approximate surface area is 188 Å². The summed E-state index contributed by atoms with van der Waals surface area (Å²) in [5, 5.41) is 3.62. The van der Waals surface area contributed by atoms with Gasteiger partial charge in [0, 0.05) is 35.4 Å². The minimum atomic E-state index is -0.551. The third kappa shape index (κ3) is 3.74. The minimum Gasteiger partial charge on any atom is -0.487 e. The molecule has 168 valence electrons. The highest BCUT2D eigenvalue weighted by atomic mass is 16.5. The van der Waals surface area contributed by atoms with Crippen molar-refractivity contribution >= 4 is 34.0 Å². The molecule has 1 amide bonds. The van der Waals surface area contributed by atoms with Gasteiger partial charge in [0.2, 0.25) is 0 Å². The molecule has 2 heterocycles. The van der Waals surface area contributed by atoms with E-state index in [1.165, 1.54) is 0 Å². The van der Waals surface area contributed by atoms with E-state index in [0.717, 1.165) is 30.0 Å². The van der Waals surface area contributed by atoms with Crippen LogP contribution in [0.25, 0.3) is 11.0 Å². The van der Waals surface area contributed by atoms with Crippen LogP contribution in [-0.4, -0.2) is 30.4 Å². The SMILES string of the molecule is CCN(CC)c1ccc(NC(=O)c2oc3ccc4c(c3c2C)C(=O)CC(C)(C)O4)c(C)c1. The quantitative estimate of drug-likeness (QED) is 0.542. The van der Waals surface area contributed by atoms with Crippen LogP contribution in [-0.2, 0) is 0 Å². The first kappa shape index (κ1) is 21.9. The Morgan fingerprint density at radius 1 is 1.12 bits per heavy atom. The van der Waals surface area contributed by atoms with Gasteiger partial charge in [0.05, 0.1) is 12.0 Å². The zero-order chi connectivity index (χ0) is 23.2. The maximum Gasteiger partial charge on any atom is 0.291 e. The molecule has 0 unspecified atom stereocenters. The van der Waals surface area contributed by atoms with Crippen LogP contribution < -0.4 is 15.0 Å². The molecule has 0 radical (unpaired) electrons. The molecule has 3 aromatic rings. The van der Waals surface area contributed by atoms with E-state index in [4.69, 9.17) is 9.15 Å². The number of benzene rings is 2. The molecule has 1 aliphatic heterocycles. The number of ketones is 1. The molecule has 2 aromatic carbocycles. The molecular formula is C26H30N2O4. The maximum absolute atomic E-state index is 13.1. The van der Waals surface area contributed by atoms with Crippen molar-refractivity contribution < 1.29 is 18.7 Å². The van der Waals surface area contributed by atoms with Gasteiger partial charge in [-0.2, -0.15) is 0 Å². The lowest BCUT2D eigenvalue weighted by atomic mass is 9.90. The van der Waals surface area contributed by atoms with Gasteiger partial charge < -0.3 is 19.4 Å². The van der Waals surface area contributed by atoms with Gasteiger partial charge in [-0.25, -0.2) is 0 Å². The number of carbonyl (C=O) groups is 2. The topological polar surface area (TPSA) is 71.8 Å². The standard InChI is InChI=1S/C26H30N2O4/c1-7-28(8-2)17-9-10-18(15(3)13-17)27-25(30)24-16(4)22-20(31-24)11-12-21-23(22)19(29)14-26(5,6)32-21/h9-13H,7-8,14H2,1-6H3,(H,27,30). The van der Waals surface area contributed by atoms with Gasteiger partial charge in [-0.15, -0.1) is 0 Å². The summed E-state index contributed by atoms with van der Waals surface area (Å²) in [5.41, 5.74) is 3.93. The van der Waals surface area contributed by atoms with Crippen molar-refractivity contribution in [3.05, 3.63) is 52.8 Å². The zero-order valence-electron chi connectivity index (χ0n) is 19.6. The molecule has 0 bridgehead atoms. The van der Waals surface area contributed by atoms with Crippen molar-refractivity contribution in [1.82, 2.24) is 0 Å². The van der Waals surface area contributed by atoms with Crippen molar-refractivity contribution in [2.45, 2.75) is 53.6 Å². The number of furan rings is 1. The van der Waals surface area contributed by atoms with Crippen LogP contribution in [0.15, 0.2) is 34.7 Å². The summed E-state index contributed by atoms with van der Waals surface area (Å²) in [6.45, 7) is 13.7. The number of anilines is 2. The van der Waals surface area contributed by atoms with E-state index in [9.17, 15) is 9.59 Å². The molecule has 0 atom stereocenters. The second-order valence-corrected chi connectivity index (χ2v) is 8.96. The van der Waals surface area contributed by atoms with Gasteiger partial charge >= 0.3 is 0 Å². The van der Waals surface area contributed by atoms with Gasteiger partial charge in [0.15, 0.2) is 11.5 Å². The summed E-state index contributed by atoms with van der Waals surface area (Å²) in [6.07, 6.45) is 0.281. The number of ether oxygens (including phenoxy) is 1. The summed E-state index contributed by atoms with van der Waals surface area (Å²) >= 11 is 0. The lowest BCUT2D eigenvalue weighted by molar-refractivity contribution is 0.0623. The molecule has 32 heavy (non-hydrogen) atoms. The number of Topliss-reactive ketones (excluding diaryl/α,β-unsaturated/α-hetero) is 1. The van der Waals surface area contributed by atoms with Crippen molar-refractivity contribution in [2.75, 3.05) is 23.3 Å². The summed E-state index contributed by atoms with van der Waals surface area (Å²) in [7, 11) is 0. The molecule has 1 aromatic heterocycles. The Bertz CT molecular complexity index is 1220. The lowest BCUT2D eigenvalue weighted by Crippen LogP contribution is -2.35. The maximum atomic E-state index is 13.1. The fraction of sp³-hybridized carbons (Fsp3) is 0.385. The first-order chi connectivity index (χ1) is 15.1. The Balaban J connectivity index is 1.68. The number of nitrogens with one attached hydrogen (secondary N) is 1. The summed E-state index contributed by atoms with van der Waals surface area (Å²) in [4.78, 5) is 28.3. The zero-order valence-corrected chi connectivity index (χ0v) is 19.6. The third-order valence-electron chi connectivity index (χ3n) is 6.10. The monoisotopic (exact) mass is 434 g/mol. The molecule has 0 aliphatic carbocycles. The smallest absolute Gasteiger partial charge is 0.291 e. The van der Waals surface area contributed by atoms with Gasteiger partial charge in [-0.1, -0.05) is 0 Å². The fourth-order valence-electron chi connectivity index (χ4n) is 4.46. The Hall–Kier alpha value is -3.28. The number of amides is 1. The van der Waals surface area contributed by atoms with Crippen molar-refractivity contribution in [2.24, 2.45) is 0 Å². The molecule has 4 rings (SSSR count). The minimum absolute atomic E-state index is 0.000504. The Kier molecular flexibility index (Phi) is 5.49. The van der Waals surface area contributed by atoms with Gasteiger partial charge in [-0.05, 0) is 77.4 Å². The van der Waals surface area contributed by atoms with E-state index in [1.54, 1.807) is 12.1 Å². The third-order valence-corrected chi connectivity index (χ3v) is 6.10. The molecular weight excluding hydrogens is 404 g/mol. The number of fused-ring (bicyclic) bond motifs is 3. The molecule has 0 saturated carbocycles. The molecule has 0 spiro atoms. The molecule has 6 nitrogen and oxygen atoms in total. The molecule has 6 heteroatoms. The number of carbonyl (C=O) groups excluding carboxylic acids is 2. The predicted molar refractivity (Wildman–Crippen MR) is 127 cm³/mol. The summed E-state index contributed by atoms with van der Waals surface area (Å²) < 4.78 is 11.9. The van der Waals surface area contributed by atoms with Gasteiger partial charge in [0.25, 0.3) is 5.91 Å². The first-order valence-electron chi connectivity index (χ1n) is 11.1. The predicted octanol–water partition coefficient (Wildman–Crippen LogP) is 5.89. The fourth-order valence-corrected chi connectivity index (χ4v) is 4.46. The summed E-state index contributed by atoms with van der Waals surface area (Å²) in [6, 6.07) is 9.51. The Morgan fingerprint density at radius 3 is 2.50 bits per heavy atom. The molecule has 0 fully saturated rings. The highest BCUT2D eigenvalue weighted by Crippen LogP contribution is 2.40. The van der Waals surface area contributed by atoms with Gasteiger partial charge in [-0.3, -0.25) is 9.59 Å². The average Bonchev–Trinajstić information content (AvgIpc) is 3.06.